The number of carbonyl (C=O) groups is 1. The van der Waals surface area contributed by atoms with Crippen LogP contribution in [0.3, 0.4) is 0 Å². The Labute approximate surface area is 142 Å². The predicted molar refractivity (Wildman–Crippen MR) is 89.7 cm³/mol. The molecule has 0 saturated carbocycles. The van der Waals surface area contributed by atoms with E-state index in [1.807, 2.05) is 24.3 Å². The van der Waals surface area contributed by atoms with Crippen molar-refractivity contribution in [3.63, 3.8) is 0 Å². The number of nitrogens with zero attached hydrogens (tertiary/aromatic N) is 2. The van der Waals surface area contributed by atoms with Gasteiger partial charge in [0.25, 0.3) is 11.6 Å². The molecule has 0 atom stereocenters. The maximum absolute atomic E-state index is 12.3. The number of halogens is 1. The van der Waals surface area contributed by atoms with Crippen molar-refractivity contribution in [3.05, 3.63) is 68.7 Å². The van der Waals surface area contributed by atoms with E-state index in [1.54, 1.807) is 13.1 Å². The first-order valence-corrected chi connectivity index (χ1v) is 7.65. The number of likely N-dealkylation sites (N-methyl/N-ethyl adjacent to an activating group) is 1. The maximum atomic E-state index is 12.3. The quantitative estimate of drug-likeness (QED) is 0.569. The molecule has 0 spiro atoms. The van der Waals surface area contributed by atoms with Gasteiger partial charge in [0.1, 0.15) is 17.9 Å². The zero-order chi connectivity index (χ0) is 16.8. The summed E-state index contributed by atoms with van der Waals surface area (Å²) in [4.78, 5) is 24.1. The van der Waals surface area contributed by atoms with Crippen LogP contribution in [0.15, 0.2) is 53.0 Å². The van der Waals surface area contributed by atoms with Crippen LogP contribution in [0.1, 0.15) is 10.4 Å². The zero-order valence-corrected chi connectivity index (χ0v) is 14.0. The van der Waals surface area contributed by atoms with Crippen LogP contribution in [0.5, 0.6) is 5.75 Å². The van der Waals surface area contributed by atoms with Crippen LogP contribution in [0, 0.1) is 10.1 Å². The molecule has 0 N–H and O–H groups in total. The van der Waals surface area contributed by atoms with Gasteiger partial charge in [-0.15, -0.1) is 0 Å². The van der Waals surface area contributed by atoms with Crippen molar-refractivity contribution >= 4 is 27.5 Å². The highest BCUT2D eigenvalue weighted by Crippen LogP contribution is 2.19. The number of amides is 1. The molecule has 1 amide bonds. The molecule has 23 heavy (non-hydrogen) atoms. The Morgan fingerprint density at radius 1 is 1.22 bits per heavy atom. The number of ether oxygens (including phenoxy) is 1. The van der Waals surface area contributed by atoms with Crippen molar-refractivity contribution in [2.75, 3.05) is 20.2 Å². The molecule has 0 radical (unpaired) electrons. The molecule has 0 saturated heterocycles. The number of hydrogen-bond donors (Lipinski definition) is 0. The largest absolute Gasteiger partial charge is 0.492 e. The summed E-state index contributed by atoms with van der Waals surface area (Å²) in [7, 11) is 1.59. The van der Waals surface area contributed by atoms with Gasteiger partial charge < -0.3 is 9.64 Å². The van der Waals surface area contributed by atoms with E-state index in [0.717, 1.165) is 4.47 Å². The second kappa shape index (κ2) is 7.73. The lowest BCUT2D eigenvalue weighted by molar-refractivity contribution is -0.385. The van der Waals surface area contributed by atoms with Crippen LogP contribution in [-0.2, 0) is 0 Å². The van der Waals surface area contributed by atoms with E-state index in [2.05, 4.69) is 15.9 Å². The molecule has 0 aliphatic rings. The molecule has 0 aliphatic heterocycles. The van der Waals surface area contributed by atoms with Crippen LogP contribution >= 0.6 is 15.9 Å². The normalized spacial score (nSPS) is 10.2. The summed E-state index contributed by atoms with van der Waals surface area (Å²) in [5, 5.41) is 11.0. The standard InChI is InChI=1S/C16H15BrN2O4/c1-18(10-11-23-13-8-6-12(17)7-9-13)16(20)14-4-2-3-5-15(14)19(21)22/h2-9H,10-11H2,1H3. The van der Waals surface area contributed by atoms with Crippen molar-refractivity contribution in [3.8, 4) is 5.75 Å². The summed E-state index contributed by atoms with van der Waals surface area (Å²) in [5.74, 6) is 0.288. The fraction of sp³-hybridized carbons (Fsp3) is 0.188. The summed E-state index contributed by atoms with van der Waals surface area (Å²) in [6.45, 7) is 0.617. The molecule has 2 aromatic rings. The molecule has 0 aromatic heterocycles. The minimum Gasteiger partial charge on any atom is -0.492 e. The SMILES string of the molecule is CN(CCOc1ccc(Br)cc1)C(=O)c1ccccc1[N+](=O)[O-]. The average Bonchev–Trinajstić information content (AvgIpc) is 2.55. The lowest BCUT2D eigenvalue weighted by Crippen LogP contribution is -2.31. The van der Waals surface area contributed by atoms with Crippen molar-refractivity contribution < 1.29 is 14.5 Å². The molecule has 2 rings (SSSR count). The Kier molecular flexibility index (Phi) is 5.70. The fourth-order valence-corrected chi connectivity index (χ4v) is 2.22. The maximum Gasteiger partial charge on any atom is 0.282 e. The smallest absolute Gasteiger partial charge is 0.282 e. The second-order valence-corrected chi connectivity index (χ2v) is 5.72. The Morgan fingerprint density at radius 3 is 2.52 bits per heavy atom. The van der Waals surface area contributed by atoms with E-state index in [-0.39, 0.29) is 11.3 Å². The van der Waals surface area contributed by atoms with Gasteiger partial charge in [0.05, 0.1) is 11.5 Å². The van der Waals surface area contributed by atoms with E-state index < -0.39 is 10.8 Å². The minimum atomic E-state index is -0.556. The topological polar surface area (TPSA) is 72.7 Å². The third-order valence-electron chi connectivity index (χ3n) is 3.19. The van der Waals surface area contributed by atoms with Crippen molar-refractivity contribution in [2.45, 2.75) is 0 Å². The number of para-hydroxylation sites is 1. The van der Waals surface area contributed by atoms with Gasteiger partial charge in [0, 0.05) is 17.6 Å². The van der Waals surface area contributed by atoms with Crippen LogP contribution in [0.2, 0.25) is 0 Å². The molecular weight excluding hydrogens is 364 g/mol. The highest BCUT2D eigenvalue weighted by atomic mass is 79.9. The number of rotatable bonds is 6. The summed E-state index contributed by atoms with van der Waals surface area (Å²) in [5.41, 5.74) is -0.123. The highest BCUT2D eigenvalue weighted by Gasteiger charge is 2.21. The van der Waals surface area contributed by atoms with Gasteiger partial charge in [0.15, 0.2) is 0 Å². The van der Waals surface area contributed by atoms with Crippen molar-refractivity contribution in [1.82, 2.24) is 4.90 Å². The van der Waals surface area contributed by atoms with E-state index >= 15 is 0 Å². The average molecular weight is 379 g/mol. The Balaban J connectivity index is 1.95. The number of carbonyl (C=O) groups excluding carboxylic acids is 1. The summed E-state index contributed by atoms with van der Waals surface area (Å²) in [6.07, 6.45) is 0. The number of nitro groups is 1. The Bertz CT molecular complexity index is 703. The van der Waals surface area contributed by atoms with E-state index in [4.69, 9.17) is 4.74 Å². The summed E-state index contributed by atoms with van der Waals surface area (Å²) >= 11 is 3.34. The lowest BCUT2D eigenvalue weighted by atomic mass is 10.1. The van der Waals surface area contributed by atoms with E-state index in [0.29, 0.717) is 18.9 Å². The monoisotopic (exact) mass is 378 g/mol. The molecule has 0 aliphatic carbocycles. The van der Waals surface area contributed by atoms with Gasteiger partial charge in [-0.3, -0.25) is 14.9 Å². The highest BCUT2D eigenvalue weighted by molar-refractivity contribution is 9.10. The number of nitro benzene ring substituents is 1. The van der Waals surface area contributed by atoms with Crippen LogP contribution < -0.4 is 4.74 Å². The zero-order valence-electron chi connectivity index (χ0n) is 12.4. The Hall–Kier alpha value is -2.41. The van der Waals surface area contributed by atoms with Gasteiger partial charge in [-0.1, -0.05) is 28.1 Å². The fourth-order valence-electron chi connectivity index (χ4n) is 1.95. The molecule has 0 heterocycles. The third-order valence-corrected chi connectivity index (χ3v) is 3.72. The summed E-state index contributed by atoms with van der Waals surface area (Å²) < 4.78 is 6.50. The van der Waals surface area contributed by atoms with Crippen LogP contribution in [-0.4, -0.2) is 35.9 Å². The minimum absolute atomic E-state index is 0.0728. The van der Waals surface area contributed by atoms with Crippen LogP contribution in [0.4, 0.5) is 5.69 Å². The van der Waals surface area contributed by atoms with Gasteiger partial charge in [-0.05, 0) is 30.3 Å². The molecule has 6 nitrogen and oxygen atoms in total. The summed E-state index contributed by atoms with van der Waals surface area (Å²) in [6, 6.07) is 13.3. The molecule has 2 aromatic carbocycles. The second-order valence-electron chi connectivity index (χ2n) is 4.80. The lowest BCUT2D eigenvalue weighted by Gasteiger charge is -2.17. The van der Waals surface area contributed by atoms with E-state index in [9.17, 15) is 14.9 Å². The van der Waals surface area contributed by atoms with Crippen molar-refractivity contribution in [2.24, 2.45) is 0 Å². The van der Waals surface area contributed by atoms with E-state index in [1.165, 1.54) is 23.1 Å². The molecule has 7 heteroatoms. The van der Waals surface area contributed by atoms with Crippen molar-refractivity contribution in [1.29, 1.82) is 0 Å². The molecule has 0 unspecified atom stereocenters. The van der Waals surface area contributed by atoms with Gasteiger partial charge in [-0.25, -0.2) is 0 Å². The first-order chi connectivity index (χ1) is 11.0. The first kappa shape index (κ1) is 17.0. The van der Waals surface area contributed by atoms with Gasteiger partial charge in [-0.2, -0.15) is 0 Å². The van der Waals surface area contributed by atoms with Gasteiger partial charge >= 0.3 is 0 Å². The molecule has 0 bridgehead atoms. The van der Waals surface area contributed by atoms with Gasteiger partial charge in [0.2, 0.25) is 0 Å². The first-order valence-electron chi connectivity index (χ1n) is 6.86. The molecule has 120 valence electrons. The number of benzene rings is 2. The molecule has 0 fully saturated rings. The predicted octanol–water partition coefficient (Wildman–Crippen LogP) is 3.51. The number of hydrogen-bond acceptors (Lipinski definition) is 4. The molecular formula is C16H15BrN2O4. The van der Waals surface area contributed by atoms with Crippen LogP contribution in [0.25, 0.3) is 0 Å². The Morgan fingerprint density at radius 2 is 1.87 bits per heavy atom. The third kappa shape index (κ3) is 4.53.